The maximum atomic E-state index is 12.0. The van der Waals surface area contributed by atoms with E-state index in [1.165, 1.54) is 0 Å². The third-order valence-corrected chi connectivity index (χ3v) is 3.96. The van der Waals surface area contributed by atoms with E-state index in [-0.39, 0.29) is 18.0 Å². The van der Waals surface area contributed by atoms with Gasteiger partial charge in [0, 0.05) is 6.54 Å². The van der Waals surface area contributed by atoms with Crippen molar-refractivity contribution in [1.82, 2.24) is 4.90 Å². The predicted molar refractivity (Wildman–Crippen MR) is 67.4 cm³/mol. The number of carbonyl (C=O) groups is 1. The Morgan fingerprint density at radius 1 is 1.41 bits per heavy atom. The minimum Gasteiger partial charge on any atom is -0.369 e. The molecule has 4 heteroatoms. The molecule has 1 heterocycles. The summed E-state index contributed by atoms with van der Waals surface area (Å²) in [6, 6.07) is 0. The molecule has 3 nitrogen and oxygen atoms in total. The standard InChI is InChI=1S/C13H25FN2O/c1-2-13(12(15)17)7-6-10-16(11-13)9-5-3-4-8-14/h2-11H2,1H3,(H2,15,17)/t13-/m0/s1. The molecular weight excluding hydrogens is 219 g/mol. The quantitative estimate of drug-likeness (QED) is 0.697. The van der Waals surface area contributed by atoms with Gasteiger partial charge in [-0.25, -0.2) is 0 Å². The summed E-state index contributed by atoms with van der Waals surface area (Å²) >= 11 is 0. The van der Waals surface area contributed by atoms with E-state index in [9.17, 15) is 9.18 Å². The van der Waals surface area contributed by atoms with Crippen molar-refractivity contribution in [2.24, 2.45) is 11.1 Å². The molecule has 0 aromatic heterocycles. The number of nitrogens with zero attached hydrogens (tertiary/aromatic N) is 1. The summed E-state index contributed by atoms with van der Waals surface area (Å²) in [6.07, 6.45) is 5.39. The molecule has 100 valence electrons. The van der Waals surface area contributed by atoms with Crippen LogP contribution in [-0.4, -0.2) is 37.1 Å². The van der Waals surface area contributed by atoms with E-state index in [0.717, 1.165) is 51.7 Å². The molecule has 1 saturated heterocycles. The summed E-state index contributed by atoms with van der Waals surface area (Å²) < 4.78 is 12.0. The number of piperidine rings is 1. The summed E-state index contributed by atoms with van der Waals surface area (Å²) in [5, 5.41) is 0. The van der Waals surface area contributed by atoms with Crippen molar-refractivity contribution in [1.29, 1.82) is 0 Å². The monoisotopic (exact) mass is 244 g/mol. The fraction of sp³-hybridized carbons (Fsp3) is 0.923. The van der Waals surface area contributed by atoms with Gasteiger partial charge in [-0.1, -0.05) is 6.92 Å². The molecular formula is C13H25FN2O. The smallest absolute Gasteiger partial charge is 0.224 e. The Morgan fingerprint density at radius 2 is 2.18 bits per heavy atom. The zero-order chi connectivity index (χ0) is 12.7. The number of alkyl halides is 1. The number of primary amides is 1. The molecule has 2 N–H and O–H groups in total. The summed E-state index contributed by atoms with van der Waals surface area (Å²) in [4.78, 5) is 13.9. The van der Waals surface area contributed by atoms with Crippen molar-refractivity contribution >= 4 is 5.91 Å². The molecule has 1 amide bonds. The number of nitrogens with two attached hydrogens (primary N) is 1. The van der Waals surface area contributed by atoms with Gasteiger partial charge in [-0.2, -0.15) is 0 Å². The molecule has 1 atom stereocenters. The number of unbranched alkanes of at least 4 members (excludes halogenated alkanes) is 2. The molecule has 0 bridgehead atoms. The van der Waals surface area contributed by atoms with E-state index in [4.69, 9.17) is 5.73 Å². The second-order valence-corrected chi connectivity index (χ2v) is 5.13. The summed E-state index contributed by atoms with van der Waals surface area (Å²) in [5.74, 6) is -0.159. The normalized spacial score (nSPS) is 26.0. The van der Waals surface area contributed by atoms with Crippen LogP contribution in [0.4, 0.5) is 4.39 Å². The van der Waals surface area contributed by atoms with Crippen molar-refractivity contribution in [3.63, 3.8) is 0 Å². The summed E-state index contributed by atoms with van der Waals surface area (Å²) in [5.41, 5.74) is 5.21. The van der Waals surface area contributed by atoms with Crippen LogP contribution in [0.15, 0.2) is 0 Å². The Morgan fingerprint density at radius 3 is 2.76 bits per heavy atom. The van der Waals surface area contributed by atoms with E-state index in [0.29, 0.717) is 6.42 Å². The maximum absolute atomic E-state index is 12.0. The number of hydrogen-bond acceptors (Lipinski definition) is 2. The molecule has 0 aromatic rings. The van der Waals surface area contributed by atoms with Crippen LogP contribution in [0.1, 0.15) is 45.4 Å². The van der Waals surface area contributed by atoms with Gasteiger partial charge in [0.25, 0.3) is 0 Å². The molecule has 1 aliphatic heterocycles. The van der Waals surface area contributed by atoms with Crippen LogP contribution in [0.2, 0.25) is 0 Å². The highest BCUT2D eigenvalue weighted by Crippen LogP contribution is 2.33. The lowest BCUT2D eigenvalue weighted by Gasteiger charge is -2.40. The third kappa shape index (κ3) is 3.95. The van der Waals surface area contributed by atoms with Gasteiger partial charge in [-0.05, 0) is 51.6 Å². The third-order valence-electron chi connectivity index (χ3n) is 3.96. The number of hydrogen-bond donors (Lipinski definition) is 1. The molecule has 0 saturated carbocycles. The number of halogens is 1. The Kier molecular flexibility index (Phi) is 5.89. The van der Waals surface area contributed by atoms with Crippen LogP contribution in [-0.2, 0) is 4.79 Å². The molecule has 17 heavy (non-hydrogen) atoms. The minimum atomic E-state index is -0.321. The molecule has 1 aliphatic rings. The number of likely N-dealkylation sites (tertiary alicyclic amines) is 1. The van der Waals surface area contributed by atoms with Gasteiger partial charge in [-0.3, -0.25) is 9.18 Å². The Hall–Kier alpha value is -0.640. The van der Waals surface area contributed by atoms with Crippen LogP contribution in [0.3, 0.4) is 0 Å². The van der Waals surface area contributed by atoms with Gasteiger partial charge in [0.05, 0.1) is 12.1 Å². The average molecular weight is 244 g/mol. The van der Waals surface area contributed by atoms with E-state index in [2.05, 4.69) is 4.90 Å². The van der Waals surface area contributed by atoms with Crippen LogP contribution in [0.25, 0.3) is 0 Å². The van der Waals surface area contributed by atoms with Crippen molar-refractivity contribution in [2.75, 3.05) is 26.3 Å². The van der Waals surface area contributed by atoms with Gasteiger partial charge in [0.1, 0.15) is 0 Å². The maximum Gasteiger partial charge on any atom is 0.224 e. The Labute approximate surface area is 104 Å². The topological polar surface area (TPSA) is 46.3 Å². The first-order valence-electron chi connectivity index (χ1n) is 6.73. The second kappa shape index (κ2) is 6.94. The fourth-order valence-electron chi connectivity index (χ4n) is 2.69. The highest BCUT2D eigenvalue weighted by Gasteiger charge is 2.38. The molecule has 0 aromatic carbocycles. The zero-order valence-corrected chi connectivity index (χ0v) is 10.9. The van der Waals surface area contributed by atoms with Crippen LogP contribution >= 0.6 is 0 Å². The van der Waals surface area contributed by atoms with Gasteiger partial charge in [-0.15, -0.1) is 0 Å². The van der Waals surface area contributed by atoms with Crippen molar-refractivity contribution in [3.8, 4) is 0 Å². The second-order valence-electron chi connectivity index (χ2n) is 5.13. The van der Waals surface area contributed by atoms with E-state index in [1.807, 2.05) is 6.92 Å². The summed E-state index contributed by atoms with van der Waals surface area (Å²) in [6.45, 7) is 4.62. The van der Waals surface area contributed by atoms with E-state index >= 15 is 0 Å². The lowest BCUT2D eigenvalue weighted by Crippen LogP contribution is -2.50. The highest BCUT2D eigenvalue weighted by atomic mass is 19.1. The largest absolute Gasteiger partial charge is 0.369 e. The van der Waals surface area contributed by atoms with Crippen molar-refractivity contribution in [2.45, 2.75) is 45.4 Å². The number of carbonyl (C=O) groups excluding carboxylic acids is 1. The van der Waals surface area contributed by atoms with Crippen molar-refractivity contribution < 1.29 is 9.18 Å². The van der Waals surface area contributed by atoms with Gasteiger partial charge >= 0.3 is 0 Å². The molecule has 1 fully saturated rings. The minimum absolute atomic E-state index is 0.159. The fourth-order valence-corrected chi connectivity index (χ4v) is 2.69. The summed E-state index contributed by atoms with van der Waals surface area (Å²) in [7, 11) is 0. The first-order valence-corrected chi connectivity index (χ1v) is 6.73. The number of amides is 1. The molecule has 1 rings (SSSR count). The van der Waals surface area contributed by atoms with Crippen molar-refractivity contribution in [3.05, 3.63) is 0 Å². The Bertz CT molecular complexity index is 248. The van der Waals surface area contributed by atoms with E-state index in [1.54, 1.807) is 0 Å². The average Bonchev–Trinajstić information content (AvgIpc) is 2.34. The van der Waals surface area contributed by atoms with Crippen LogP contribution < -0.4 is 5.73 Å². The predicted octanol–water partition coefficient (Wildman–Crippen LogP) is 2.10. The van der Waals surface area contributed by atoms with E-state index < -0.39 is 0 Å². The molecule has 0 radical (unpaired) electrons. The van der Waals surface area contributed by atoms with Crippen LogP contribution in [0, 0.1) is 5.41 Å². The lowest BCUT2D eigenvalue weighted by molar-refractivity contribution is -0.131. The van der Waals surface area contributed by atoms with Gasteiger partial charge < -0.3 is 10.6 Å². The zero-order valence-electron chi connectivity index (χ0n) is 10.9. The first-order chi connectivity index (χ1) is 8.14. The van der Waals surface area contributed by atoms with Gasteiger partial charge in [0.2, 0.25) is 5.91 Å². The first kappa shape index (κ1) is 14.4. The van der Waals surface area contributed by atoms with Gasteiger partial charge in [0.15, 0.2) is 0 Å². The highest BCUT2D eigenvalue weighted by molar-refractivity contribution is 5.81. The Balaban J connectivity index is 2.40. The SMILES string of the molecule is CC[C@]1(C(N)=O)CCCN(CCCCCF)C1. The molecule has 0 aliphatic carbocycles. The molecule has 0 unspecified atom stereocenters. The lowest BCUT2D eigenvalue weighted by atomic mass is 9.77. The number of rotatable bonds is 7. The molecule has 0 spiro atoms. The van der Waals surface area contributed by atoms with Crippen LogP contribution in [0.5, 0.6) is 0 Å².